The van der Waals surface area contributed by atoms with Crippen LogP contribution in [0.15, 0.2) is 59.7 Å². The van der Waals surface area contributed by atoms with Crippen LogP contribution in [0.1, 0.15) is 127 Å². The quantitative estimate of drug-likeness (QED) is 0.0740. The molecule has 2 fully saturated rings. The first-order valence-corrected chi connectivity index (χ1v) is 25.8. The molecule has 334 valence electrons. The van der Waals surface area contributed by atoms with Gasteiger partial charge in [0.1, 0.15) is 7.05 Å². The van der Waals surface area contributed by atoms with Gasteiger partial charge in [0.2, 0.25) is 5.69 Å². The summed E-state index contributed by atoms with van der Waals surface area (Å²) in [6.45, 7) is 4.72. The lowest BCUT2D eigenvalue weighted by atomic mass is 9.60. The van der Waals surface area contributed by atoms with Gasteiger partial charge in [0.15, 0.2) is 5.71 Å². The fraction of sp³-hybridized carbons (Fsp3) is 0.468. The van der Waals surface area contributed by atoms with Crippen LogP contribution in [0.2, 0.25) is 0 Å². The number of unbranched alkanes of at least 4 members (excludes halogenated alkanes) is 4. The van der Waals surface area contributed by atoms with Gasteiger partial charge in [-0.05, 0) is 171 Å². The maximum atomic E-state index is 12.8. The third kappa shape index (κ3) is 9.47. The Balaban J connectivity index is 1.20. The van der Waals surface area contributed by atoms with E-state index in [4.69, 9.17) is 9.68 Å². The Bertz CT molecular complexity index is 2380. The summed E-state index contributed by atoms with van der Waals surface area (Å²) in [6, 6.07) is 9.07. The van der Waals surface area contributed by atoms with E-state index in [-0.39, 0.29) is 44.4 Å². The van der Waals surface area contributed by atoms with E-state index in [0.717, 1.165) is 48.5 Å². The highest BCUT2D eigenvalue weighted by Crippen LogP contribution is 2.61. The average Bonchev–Trinajstić information content (AvgIpc) is 3.79. The number of hydrogen-bond donors (Lipinski definition) is 0. The molecule has 4 heterocycles. The van der Waals surface area contributed by atoms with E-state index < -0.39 is 46.5 Å². The summed E-state index contributed by atoms with van der Waals surface area (Å²) in [6.07, 6.45) is 16.3. The number of benzene rings is 2. The van der Waals surface area contributed by atoms with Crippen molar-refractivity contribution in [3.63, 3.8) is 0 Å². The maximum absolute atomic E-state index is 12.8. The van der Waals surface area contributed by atoms with Crippen LogP contribution < -0.4 is 4.90 Å². The summed E-state index contributed by atoms with van der Waals surface area (Å²) in [5.41, 5.74) is 7.88. The molecular weight excluding hydrogens is 1260 g/mol. The monoisotopic (exact) mass is 1310 g/mol. The second-order valence-electron chi connectivity index (χ2n) is 17.2. The second-order valence-corrected chi connectivity index (χ2v) is 22.0. The number of amides is 4. The van der Waals surface area contributed by atoms with Crippen LogP contribution in [0.25, 0.3) is 0 Å². The summed E-state index contributed by atoms with van der Waals surface area (Å²) in [5, 5.41) is 1.24. The number of nitrogens with zero attached hydrogens (tertiary/aromatic N) is 4. The van der Waals surface area contributed by atoms with E-state index in [1.807, 2.05) is 0 Å². The number of carbonyl (C=O) groups excluding carboxylic acids is 6. The minimum atomic E-state index is -0.577. The lowest BCUT2D eigenvalue weighted by molar-refractivity contribution is -0.401. The molecule has 1 aliphatic carbocycles. The molecule has 2 aromatic rings. The Hall–Kier alpha value is -2.73. The molecule has 16 heteroatoms. The minimum absolute atomic E-state index is 0.0618. The molecular formula is C47H51I4N4O8+. The normalized spacial score (nSPS) is 23.7. The summed E-state index contributed by atoms with van der Waals surface area (Å²) < 4.78 is 7.17. The van der Waals surface area contributed by atoms with Gasteiger partial charge in [-0.2, -0.15) is 4.58 Å². The Labute approximate surface area is 423 Å². The fourth-order valence-corrected chi connectivity index (χ4v) is 14.9. The van der Waals surface area contributed by atoms with Gasteiger partial charge in [0, 0.05) is 83.1 Å². The number of allylic oxidation sites excluding steroid dienone is 3. The standard InChI is InChI=1S/C47H51I4N4O8/c1-28-35(52(3)36-25-30(48)23-33(50)44(28)36)27-32-29(13-7-5-8-15-42(60)62-54-38(56)17-18-39(54)57)14-10-12-22-47(32)46(2,45-34(51)24-31(49)26-37(45)53(47)4)21-11-6-9-16-43(61)63-55-40(58)19-20-41(55)59/h10,12,14,23-28H,5-9,11,13,15-22H2,1-4H3/q+1. The van der Waals surface area contributed by atoms with Crippen LogP contribution >= 0.6 is 90.4 Å². The Morgan fingerprint density at radius 2 is 1.35 bits per heavy atom. The van der Waals surface area contributed by atoms with E-state index in [9.17, 15) is 28.8 Å². The van der Waals surface area contributed by atoms with Crippen molar-refractivity contribution in [1.29, 1.82) is 0 Å². The molecule has 4 aliphatic heterocycles. The van der Waals surface area contributed by atoms with Crippen molar-refractivity contribution < 1.29 is 43.0 Å². The van der Waals surface area contributed by atoms with Crippen LogP contribution in [0.3, 0.4) is 0 Å². The number of rotatable bonds is 15. The number of likely N-dealkylation sites (N-methyl/N-ethyl adjacent to an activating group) is 1. The van der Waals surface area contributed by atoms with Crippen LogP contribution in [-0.2, 0) is 43.9 Å². The molecule has 0 N–H and O–H groups in total. The highest BCUT2D eigenvalue weighted by molar-refractivity contribution is 14.1. The molecule has 7 rings (SSSR count). The van der Waals surface area contributed by atoms with Crippen molar-refractivity contribution in [2.45, 2.75) is 127 Å². The largest absolute Gasteiger partial charge is 0.363 e. The molecule has 0 aromatic heterocycles. The molecule has 3 atom stereocenters. The average molecular weight is 1310 g/mol. The molecule has 0 bridgehead atoms. The molecule has 0 saturated carbocycles. The zero-order valence-corrected chi connectivity index (χ0v) is 44.5. The number of anilines is 1. The molecule has 1 spiro atoms. The van der Waals surface area contributed by atoms with Crippen molar-refractivity contribution in [3.05, 3.63) is 85.1 Å². The third-order valence-electron chi connectivity index (χ3n) is 13.3. The number of halogens is 4. The second kappa shape index (κ2) is 20.0. The molecule has 4 amide bonds. The van der Waals surface area contributed by atoms with Crippen LogP contribution in [0.4, 0.5) is 11.4 Å². The van der Waals surface area contributed by atoms with Crippen molar-refractivity contribution in [2.24, 2.45) is 0 Å². The predicted molar refractivity (Wildman–Crippen MR) is 272 cm³/mol. The number of carbonyl (C=O) groups is 6. The summed E-state index contributed by atoms with van der Waals surface area (Å²) in [5.74, 6) is -2.92. The van der Waals surface area contributed by atoms with Crippen molar-refractivity contribution >= 4 is 143 Å². The van der Waals surface area contributed by atoms with E-state index in [0.29, 0.717) is 23.0 Å². The lowest BCUT2D eigenvalue weighted by Gasteiger charge is -2.50. The van der Waals surface area contributed by atoms with Crippen LogP contribution in [0.5, 0.6) is 0 Å². The van der Waals surface area contributed by atoms with Crippen molar-refractivity contribution in [1.82, 2.24) is 10.1 Å². The van der Waals surface area contributed by atoms with E-state index in [1.165, 1.54) is 50.1 Å². The molecule has 12 nitrogen and oxygen atoms in total. The Morgan fingerprint density at radius 3 is 1.95 bits per heavy atom. The predicted octanol–water partition coefficient (Wildman–Crippen LogP) is 10.0. The fourth-order valence-electron chi connectivity index (χ4n) is 10.2. The number of hydroxylamine groups is 4. The first-order valence-electron chi connectivity index (χ1n) is 21.5. The number of imide groups is 2. The zero-order chi connectivity index (χ0) is 45.4. The number of hydrogen-bond acceptors (Lipinski definition) is 9. The number of fused-ring (bicyclic) bond motifs is 2. The first-order chi connectivity index (χ1) is 30.0. The van der Waals surface area contributed by atoms with Gasteiger partial charge in [-0.1, -0.05) is 44.4 Å². The van der Waals surface area contributed by atoms with E-state index >= 15 is 0 Å². The molecule has 3 unspecified atom stereocenters. The molecule has 0 radical (unpaired) electrons. The van der Waals surface area contributed by atoms with Gasteiger partial charge >= 0.3 is 11.9 Å². The maximum Gasteiger partial charge on any atom is 0.333 e. The Morgan fingerprint density at radius 1 is 0.794 bits per heavy atom. The van der Waals surface area contributed by atoms with Crippen LogP contribution in [0, 0.1) is 14.3 Å². The lowest BCUT2D eigenvalue weighted by Crippen LogP contribution is -2.57. The van der Waals surface area contributed by atoms with Gasteiger partial charge in [-0.25, -0.2) is 9.59 Å². The Kier molecular flexibility index (Phi) is 15.3. The smallest absolute Gasteiger partial charge is 0.333 e. The molecule has 5 aliphatic rings. The van der Waals surface area contributed by atoms with E-state index in [1.54, 1.807) is 0 Å². The molecule has 63 heavy (non-hydrogen) atoms. The first kappa shape index (κ1) is 48.2. The van der Waals surface area contributed by atoms with Crippen LogP contribution in [-0.4, -0.2) is 75.6 Å². The summed E-state index contributed by atoms with van der Waals surface area (Å²) in [4.78, 5) is 86.4. The van der Waals surface area contributed by atoms with Gasteiger partial charge < -0.3 is 14.6 Å². The zero-order valence-electron chi connectivity index (χ0n) is 35.9. The minimum Gasteiger partial charge on any atom is -0.363 e. The van der Waals surface area contributed by atoms with Gasteiger partial charge in [0.05, 0.1) is 17.0 Å². The highest BCUT2D eigenvalue weighted by Gasteiger charge is 2.61. The summed E-state index contributed by atoms with van der Waals surface area (Å²) in [7, 11) is 4.41. The SMILES string of the molecule is CC1C(C=C2C(CCCCCC(=O)ON3C(=O)CCC3=O)=CC=CCC23N(C)c2cc(I)cc(I)c2C3(C)CCCCCC(=O)ON2C(=O)CCC2=O)=[N+](C)c2cc(I)cc(I)c21. The molecule has 2 aromatic carbocycles. The molecule has 2 saturated heterocycles. The summed E-state index contributed by atoms with van der Waals surface area (Å²) >= 11 is 9.81. The van der Waals surface area contributed by atoms with Crippen molar-refractivity contribution in [2.75, 3.05) is 19.0 Å². The van der Waals surface area contributed by atoms with Crippen molar-refractivity contribution in [3.8, 4) is 0 Å². The van der Waals surface area contributed by atoms with Gasteiger partial charge in [-0.15, -0.1) is 10.1 Å². The topological polar surface area (TPSA) is 134 Å². The van der Waals surface area contributed by atoms with Gasteiger partial charge in [0.25, 0.3) is 23.6 Å². The third-order valence-corrected chi connectivity index (χ3v) is 16.3. The van der Waals surface area contributed by atoms with Gasteiger partial charge in [-0.3, -0.25) is 19.2 Å². The van der Waals surface area contributed by atoms with E-state index in [2.05, 4.69) is 176 Å². The highest BCUT2D eigenvalue weighted by atomic mass is 127.